The fraction of sp³-hybridized carbons (Fsp3) is 0.136. The predicted octanol–water partition coefficient (Wildman–Crippen LogP) is 3.19. The molecule has 0 radical (unpaired) electrons. The molecule has 0 saturated heterocycles. The highest BCUT2D eigenvalue weighted by molar-refractivity contribution is 6.98. The second-order valence-electron chi connectivity index (χ2n) is 6.86. The number of aryl methyl sites for hydroxylation is 2. The van der Waals surface area contributed by atoms with Gasteiger partial charge in [0.25, 0.3) is 5.56 Å². The van der Waals surface area contributed by atoms with Gasteiger partial charge in [0.05, 0.1) is 51.1 Å². The number of hydrogen-bond acceptors (Lipinski definition) is 7. The lowest BCUT2D eigenvalue weighted by Crippen LogP contribution is -2.34. The summed E-state index contributed by atoms with van der Waals surface area (Å²) in [5.41, 5.74) is 4.99. The molecule has 0 aliphatic heterocycles. The molecule has 1 N–H and O–H groups in total. The van der Waals surface area contributed by atoms with Crippen LogP contribution < -0.4 is 16.1 Å². The average Bonchev–Trinajstić information content (AvgIpc) is 3.14. The van der Waals surface area contributed by atoms with Gasteiger partial charge in [0.2, 0.25) is 0 Å². The molecule has 0 aliphatic carbocycles. The second-order valence-corrected chi connectivity index (χ2v) is 7.41. The summed E-state index contributed by atoms with van der Waals surface area (Å²) in [6.45, 7) is 5.61. The number of nitrogens with zero attached hydrogens (tertiary/aromatic N) is 5. The summed E-state index contributed by atoms with van der Waals surface area (Å²) >= 11 is 1.10. The van der Waals surface area contributed by atoms with Gasteiger partial charge >= 0.3 is 0 Å². The normalized spacial score (nSPS) is 11.5. The molecule has 0 amide bonds. The summed E-state index contributed by atoms with van der Waals surface area (Å²) < 4.78 is 9.95. The monoisotopic (exact) mass is 414 g/mol. The first kappa shape index (κ1) is 19.5. The van der Waals surface area contributed by atoms with Gasteiger partial charge in [-0.25, -0.2) is 4.98 Å². The highest BCUT2D eigenvalue weighted by atomic mass is 32.1. The lowest BCUT2D eigenvalue weighted by Gasteiger charge is -2.05. The van der Waals surface area contributed by atoms with E-state index in [4.69, 9.17) is 0 Å². The summed E-state index contributed by atoms with van der Waals surface area (Å²) in [5, 5.41) is 13.3. The van der Waals surface area contributed by atoms with Crippen LogP contribution in [0.4, 0.5) is 5.69 Å². The Hall–Kier alpha value is -3.83. The molecule has 3 heterocycles. The molecule has 0 unspecified atom stereocenters. The Balaban J connectivity index is 1.98. The third-order valence-corrected chi connectivity index (χ3v) is 5.46. The highest BCUT2D eigenvalue weighted by Crippen LogP contribution is 2.17. The molecule has 4 aromatic rings. The van der Waals surface area contributed by atoms with Gasteiger partial charge in [0.15, 0.2) is 5.65 Å². The van der Waals surface area contributed by atoms with Crippen LogP contribution in [0, 0.1) is 32.1 Å². The Morgan fingerprint density at radius 3 is 2.77 bits per heavy atom. The van der Waals surface area contributed by atoms with E-state index >= 15 is 0 Å². The molecule has 1 aromatic carbocycles. The van der Waals surface area contributed by atoms with Crippen LogP contribution in [0.1, 0.15) is 22.4 Å². The predicted molar refractivity (Wildman–Crippen MR) is 119 cm³/mol. The molecule has 7 nitrogen and oxygen atoms in total. The maximum Gasteiger partial charge on any atom is 0.265 e. The number of nitriles is 1. The van der Waals surface area contributed by atoms with Crippen molar-refractivity contribution in [2.24, 2.45) is 0 Å². The van der Waals surface area contributed by atoms with Crippen molar-refractivity contribution in [3.63, 3.8) is 0 Å². The minimum atomic E-state index is -0.231. The van der Waals surface area contributed by atoms with E-state index in [-0.39, 0.29) is 5.56 Å². The number of fused-ring (bicyclic) bond motifs is 3. The third-order valence-electron chi connectivity index (χ3n) is 4.89. The molecule has 148 valence electrons. The van der Waals surface area contributed by atoms with E-state index in [2.05, 4.69) is 25.1 Å². The van der Waals surface area contributed by atoms with Crippen LogP contribution in [-0.2, 0) is 0 Å². The lowest BCUT2D eigenvalue weighted by atomic mass is 10.1. The number of para-hydroxylation sites is 2. The number of hydrogen-bond donors (Lipinski definition) is 1. The van der Waals surface area contributed by atoms with Gasteiger partial charge in [-0.2, -0.15) is 14.0 Å². The molecular weight excluding hydrogens is 396 g/mol. The highest BCUT2D eigenvalue weighted by Gasteiger charge is 2.15. The number of pyridine rings is 1. The molecule has 0 bridgehead atoms. The van der Waals surface area contributed by atoms with Crippen molar-refractivity contribution >= 4 is 40.3 Å². The number of anilines is 1. The first-order chi connectivity index (χ1) is 14.5. The topological polar surface area (TPSA) is 96.0 Å². The van der Waals surface area contributed by atoms with Crippen LogP contribution in [0.25, 0.3) is 22.9 Å². The van der Waals surface area contributed by atoms with Crippen LogP contribution in [0.3, 0.4) is 0 Å². The van der Waals surface area contributed by atoms with Crippen molar-refractivity contribution in [3.05, 3.63) is 80.6 Å². The van der Waals surface area contributed by atoms with Crippen molar-refractivity contribution in [3.8, 4) is 6.07 Å². The minimum Gasteiger partial charge on any atom is -0.359 e. The number of rotatable bonds is 2. The average molecular weight is 414 g/mol. The van der Waals surface area contributed by atoms with Crippen molar-refractivity contribution in [1.29, 1.82) is 5.26 Å². The zero-order valence-electron chi connectivity index (χ0n) is 16.7. The number of imidazole rings is 1. The summed E-state index contributed by atoms with van der Waals surface area (Å²) in [6.07, 6.45) is 3.29. The first-order valence-electron chi connectivity index (χ1n) is 9.25. The molecule has 0 atom stereocenters. The van der Waals surface area contributed by atoms with Crippen LogP contribution in [0.5, 0.6) is 0 Å². The van der Waals surface area contributed by atoms with E-state index < -0.39 is 0 Å². The third kappa shape index (κ3) is 3.36. The molecule has 3 aromatic heterocycles. The molecule has 30 heavy (non-hydrogen) atoms. The van der Waals surface area contributed by atoms with Gasteiger partial charge in [0, 0.05) is 6.20 Å². The van der Waals surface area contributed by atoms with Gasteiger partial charge in [0.1, 0.15) is 6.07 Å². The lowest BCUT2D eigenvalue weighted by molar-refractivity contribution is 1.10. The van der Waals surface area contributed by atoms with E-state index in [0.29, 0.717) is 33.0 Å². The maximum absolute atomic E-state index is 13.3. The fourth-order valence-electron chi connectivity index (χ4n) is 3.22. The number of aromatic nitrogens is 4. The zero-order chi connectivity index (χ0) is 21.3. The van der Waals surface area contributed by atoms with Crippen LogP contribution in [0.2, 0.25) is 0 Å². The van der Waals surface area contributed by atoms with Crippen LogP contribution in [0.15, 0.2) is 47.4 Å². The van der Waals surface area contributed by atoms with Crippen LogP contribution >= 0.6 is 11.7 Å². The van der Waals surface area contributed by atoms with Gasteiger partial charge in [-0.3, -0.25) is 9.20 Å². The maximum atomic E-state index is 13.3. The molecule has 8 heteroatoms. The van der Waals surface area contributed by atoms with E-state index in [1.54, 1.807) is 19.3 Å². The summed E-state index contributed by atoms with van der Waals surface area (Å²) in [6, 6.07) is 13.4. The Bertz CT molecular complexity index is 1490. The Morgan fingerprint density at radius 2 is 1.97 bits per heavy atom. The molecule has 0 saturated carbocycles. The molecular formula is C22H18N6OS. The number of benzene rings is 1. The smallest absolute Gasteiger partial charge is 0.265 e. The van der Waals surface area contributed by atoms with Gasteiger partial charge in [-0.05, 0) is 50.1 Å². The summed E-state index contributed by atoms with van der Waals surface area (Å²) in [7, 11) is 0. The Labute approximate surface area is 176 Å². The Morgan fingerprint density at radius 1 is 1.17 bits per heavy atom. The SMILES string of the molecule is Cc1ccc(C)c(N/C=c2\c(C)c(C#N)c3nc4ccccc4n3c2=O)cnsn1. The molecule has 0 fully saturated rings. The zero-order valence-corrected chi connectivity index (χ0v) is 17.5. The van der Waals surface area contributed by atoms with E-state index in [0.717, 1.165) is 28.7 Å². The molecule has 0 spiro atoms. The largest absolute Gasteiger partial charge is 0.359 e. The van der Waals surface area contributed by atoms with Crippen molar-refractivity contribution in [1.82, 2.24) is 18.1 Å². The second kappa shape index (κ2) is 7.89. The van der Waals surface area contributed by atoms with Crippen LogP contribution in [-0.4, -0.2) is 18.1 Å². The summed E-state index contributed by atoms with van der Waals surface area (Å²) in [5.74, 6) is 0. The molecule has 0 aliphatic rings. The van der Waals surface area contributed by atoms with Crippen molar-refractivity contribution in [2.75, 3.05) is 5.32 Å². The summed E-state index contributed by atoms with van der Waals surface area (Å²) in [4.78, 5) is 17.8. The minimum absolute atomic E-state index is 0.231. The van der Waals surface area contributed by atoms with Gasteiger partial charge in [-0.15, -0.1) is 0 Å². The van der Waals surface area contributed by atoms with E-state index in [1.165, 1.54) is 4.40 Å². The number of nitrogens with one attached hydrogen (secondary N) is 1. The fourth-order valence-corrected chi connectivity index (χ4v) is 3.61. The van der Waals surface area contributed by atoms with Crippen molar-refractivity contribution in [2.45, 2.75) is 20.8 Å². The van der Waals surface area contributed by atoms with E-state index in [1.807, 2.05) is 50.2 Å². The standard InChI is InChI=1S/C22H18N6OS/c1-13-8-9-14(2)27-30-25-12-19(13)24-11-17-15(3)16(10-23)21-26-18-6-4-5-7-20(18)28(21)22(17)29/h4-9,11-12,24H,1-3H3/b9-8?,17-11+,19-13?,25-12?,27-14?. The van der Waals surface area contributed by atoms with E-state index in [9.17, 15) is 10.1 Å². The van der Waals surface area contributed by atoms with Gasteiger partial charge < -0.3 is 5.32 Å². The quantitative estimate of drug-likeness (QED) is 0.541. The first-order valence-corrected chi connectivity index (χ1v) is 9.98. The van der Waals surface area contributed by atoms with Gasteiger partial charge in [-0.1, -0.05) is 18.2 Å². The van der Waals surface area contributed by atoms with Crippen molar-refractivity contribution < 1.29 is 0 Å². The Kier molecular flexibility index (Phi) is 5.12. The molecule has 4 rings (SSSR count).